The number of anilines is 2. The van der Waals surface area contributed by atoms with E-state index in [0.717, 1.165) is 29.3 Å². The maximum Gasteiger partial charge on any atom is 0.323 e. The van der Waals surface area contributed by atoms with Gasteiger partial charge in [0.05, 0.1) is 0 Å². The van der Waals surface area contributed by atoms with Crippen LogP contribution in [0.2, 0.25) is 0 Å². The molecule has 0 fully saturated rings. The Hall–Kier alpha value is -2.76. The molecule has 2 N–H and O–H groups in total. The van der Waals surface area contributed by atoms with Crippen LogP contribution in [0.5, 0.6) is 0 Å². The lowest BCUT2D eigenvalue weighted by atomic mass is 10.1. The summed E-state index contributed by atoms with van der Waals surface area (Å²) in [7, 11) is 0. The van der Waals surface area contributed by atoms with Gasteiger partial charge in [-0.05, 0) is 35.4 Å². The smallest absolute Gasteiger partial charge is 0.308 e. The summed E-state index contributed by atoms with van der Waals surface area (Å²) in [5, 5.41) is 4.92. The third kappa shape index (κ3) is 3.11. The van der Waals surface area contributed by atoms with Crippen LogP contribution in [-0.4, -0.2) is 11.8 Å². The molecule has 112 valence electrons. The van der Waals surface area contributed by atoms with Gasteiger partial charge in [0, 0.05) is 30.3 Å². The van der Waals surface area contributed by atoms with Gasteiger partial charge in [0.25, 0.3) is 0 Å². The highest BCUT2D eigenvalue weighted by Gasteiger charge is 2.18. The van der Waals surface area contributed by atoms with E-state index in [1.807, 2.05) is 0 Å². The van der Waals surface area contributed by atoms with E-state index in [1.54, 1.807) is 18.2 Å². The molecule has 0 spiro atoms. The van der Waals surface area contributed by atoms with Gasteiger partial charge in [-0.1, -0.05) is 6.07 Å². The number of nitrogens with one attached hydrogen (secondary N) is 2. The molecule has 2 aromatic carbocycles. The van der Waals surface area contributed by atoms with Crippen molar-refractivity contribution in [1.82, 2.24) is 0 Å². The molecule has 0 atom stereocenters. The van der Waals surface area contributed by atoms with Gasteiger partial charge in [0.1, 0.15) is 17.4 Å². The zero-order valence-corrected chi connectivity index (χ0v) is 11.5. The number of halogens is 2. The monoisotopic (exact) mass is 302 g/mol. The third-order valence-electron chi connectivity index (χ3n) is 3.36. The van der Waals surface area contributed by atoms with E-state index in [9.17, 15) is 18.4 Å². The van der Waals surface area contributed by atoms with Crippen LogP contribution >= 0.6 is 0 Å². The molecule has 6 heteroatoms. The number of benzene rings is 2. The minimum atomic E-state index is -0.772. The number of rotatable bonds is 2. The molecule has 0 bridgehead atoms. The molecule has 0 radical (unpaired) electrons. The predicted octanol–water partition coefficient (Wildman–Crippen LogP) is 3.28. The van der Waals surface area contributed by atoms with E-state index in [4.69, 9.17) is 0 Å². The third-order valence-corrected chi connectivity index (χ3v) is 3.36. The Balaban J connectivity index is 1.69. The van der Waals surface area contributed by atoms with Crippen molar-refractivity contribution in [2.24, 2.45) is 0 Å². The number of amides is 2. The minimum Gasteiger partial charge on any atom is -0.308 e. The largest absolute Gasteiger partial charge is 0.323 e. The number of fused-ring (bicyclic) bond motifs is 1. The first-order valence-corrected chi connectivity index (χ1v) is 6.67. The van der Waals surface area contributed by atoms with Crippen molar-refractivity contribution >= 4 is 23.2 Å². The van der Waals surface area contributed by atoms with Crippen molar-refractivity contribution in [3.05, 3.63) is 59.2 Å². The van der Waals surface area contributed by atoms with Crippen LogP contribution in [0.1, 0.15) is 11.1 Å². The number of hydrogen-bond acceptors (Lipinski definition) is 2. The fourth-order valence-electron chi connectivity index (χ4n) is 2.45. The van der Waals surface area contributed by atoms with Gasteiger partial charge in [0.2, 0.25) is 0 Å². The fourth-order valence-corrected chi connectivity index (χ4v) is 2.45. The average molecular weight is 302 g/mol. The summed E-state index contributed by atoms with van der Waals surface area (Å²) in [5.74, 6) is -1.40. The second-order valence-corrected chi connectivity index (χ2v) is 5.11. The predicted molar refractivity (Wildman–Crippen MR) is 77.9 cm³/mol. The number of Topliss-reactive ketones (excluding diaryl/α,β-unsaturated/α-hetero) is 1. The first-order chi connectivity index (χ1) is 10.5. The van der Waals surface area contributed by atoms with Crippen LogP contribution in [0.3, 0.4) is 0 Å². The summed E-state index contributed by atoms with van der Waals surface area (Å²) < 4.78 is 26.1. The van der Waals surface area contributed by atoms with Crippen molar-refractivity contribution in [3.8, 4) is 0 Å². The molecule has 0 aliphatic heterocycles. The van der Waals surface area contributed by atoms with Gasteiger partial charge in [-0.3, -0.25) is 4.79 Å². The summed E-state index contributed by atoms with van der Waals surface area (Å²) >= 11 is 0. The van der Waals surface area contributed by atoms with E-state index in [0.29, 0.717) is 18.5 Å². The van der Waals surface area contributed by atoms with Crippen molar-refractivity contribution in [2.45, 2.75) is 12.8 Å². The zero-order chi connectivity index (χ0) is 15.7. The molecular weight excluding hydrogens is 290 g/mol. The van der Waals surface area contributed by atoms with Crippen molar-refractivity contribution in [3.63, 3.8) is 0 Å². The number of hydrogen-bond donors (Lipinski definition) is 2. The lowest BCUT2D eigenvalue weighted by molar-refractivity contribution is -0.117. The molecule has 0 aromatic heterocycles. The van der Waals surface area contributed by atoms with Crippen LogP contribution in [0.15, 0.2) is 36.4 Å². The van der Waals surface area contributed by atoms with Gasteiger partial charge in [-0.2, -0.15) is 0 Å². The summed E-state index contributed by atoms with van der Waals surface area (Å²) in [4.78, 5) is 23.2. The Labute approximate surface area is 125 Å². The van der Waals surface area contributed by atoms with Crippen LogP contribution in [-0.2, 0) is 17.6 Å². The van der Waals surface area contributed by atoms with Crippen molar-refractivity contribution in [2.75, 3.05) is 10.6 Å². The van der Waals surface area contributed by atoms with Gasteiger partial charge in [-0.25, -0.2) is 13.6 Å². The summed E-state index contributed by atoms with van der Waals surface area (Å²) in [6, 6.07) is 7.34. The van der Waals surface area contributed by atoms with Crippen molar-refractivity contribution < 1.29 is 18.4 Å². The van der Waals surface area contributed by atoms with E-state index in [-0.39, 0.29) is 11.5 Å². The molecule has 0 saturated carbocycles. The Morgan fingerprint density at radius 3 is 2.23 bits per heavy atom. The van der Waals surface area contributed by atoms with Gasteiger partial charge >= 0.3 is 6.03 Å². The van der Waals surface area contributed by atoms with E-state index in [1.165, 1.54) is 0 Å². The quantitative estimate of drug-likeness (QED) is 0.894. The fraction of sp³-hybridized carbons (Fsp3) is 0.125. The second kappa shape index (κ2) is 5.55. The number of carbonyl (C=O) groups excluding carboxylic acids is 2. The molecule has 2 amide bonds. The standard InChI is InChI=1S/C16H12F2N2O2/c17-11-6-12(18)8-14(7-11)20-16(22)19-13-2-1-9-4-15(21)5-10(9)3-13/h1-3,6-8H,4-5H2,(H2,19,20,22). The topological polar surface area (TPSA) is 58.2 Å². The summed E-state index contributed by atoms with van der Waals surface area (Å²) in [5.41, 5.74) is 2.39. The molecule has 0 unspecified atom stereocenters. The molecule has 3 rings (SSSR count). The van der Waals surface area contributed by atoms with Crippen LogP contribution in [0, 0.1) is 11.6 Å². The SMILES string of the molecule is O=C1Cc2ccc(NC(=O)Nc3cc(F)cc(F)c3)cc2C1. The van der Waals surface area contributed by atoms with E-state index >= 15 is 0 Å². The van der Waals surface area contributed by atoms with Crippen LogP contribution < -0.4 is 10.6 Å². The lowest BCUT2D eigenvalue weighted by Crippen LogP contribution is -2.19. The van der Waals surface area contributed by atoms with Crippen LogP contribution in [0.25, 0.3) is 0 Å². The first-order valence-electron chi connectivity index (χ1n) is 6.67. The average Bonchev–Trinajstić information content (AvgIpc) is 2.76. The molecule has 0 saturated heterocycles. The zero-order valence-electron chi connectivity index (χ0n) is 11.5. The Kier molecular flexibility index (Phi) is 3.58. The Morgan fingerprint density at radius 2 is 1.50 bits per heavy atom. The van der Waals surface area contributed by atoms with E-state index < -0.39 is 17.7 Å². The second-order valence-electron chi connectivity index (χ2n) is 5.11. The summed E-state index contributed by atoms with van der Waals surface area (Å²) in [6.07, 6.45) is 0.784. The molecule has 1 aliphatic carbocycles. The van der Waals surface area contributed by atoms with Gasteiger partial charge < -0.3 is 10.6 Å². The molecule has 4 nitrogen and oxygen atoms in total. The molecular formula is C16H12F2N2O2. The maximum absolute atomic E-state index is 13.0. The van der Waals surface area contributed by atoms with Crippen molar-refractivity contribution in [1.29, 1.82) is 0 Å². The highest BCUT2D eigenvalue weighted by atomic mass is 19.1. The molecule has 22 heavy (non-hydrogen) atoms. The number of ketones is 1. The van der Waals surface area contributed by atoms with Gasteiger partial charge in [0.15, 0.2) is 0 Å². The van der Waals surface area contributed by atoms with Gasteiger partial charge in [-0.15, -0.1) is 0 Å². The maximum atomic E-state index is 13.0. The highest BCUT2D eigenvalue weighted by Crippen LogP contribution is 2.23. The first kappa shape index (κ1) is 14.2. The van der Waals surface area contributed by atoms with Crippen LogP contribution in [0.4, 0.5) is 25.0 Å². The summed E-state index contributed by atoms with van der Waals surface area (Å²) in [6.45, 7) is 0. The Morgan fingerprint density at radius 1 is 0.864 bits per heavy atom. The molecule has 0 heterocycles. The number of carbonyl (C=O) groups is 2. The number of urea groups is 1. The lowest BCUT2D eigenvalue weighted by Gasteiger charge is -2.09. The molecule has 1 aliphatic rings. The Bertz CT molecular complexity index is 754. The highest BCUT2D eigenvalue weighted by molar-refractivity contribution is 6.00. The normalized spacial score (nSPS) is 12.9. The van der Waals surface area contributed by atoms with E-state index in [2.05, 4.69) is 10.6 Å². The minimum absolute atomic E-state index is 0.0198. The molecule has 2 aromatic rings.